The van der Waals surface area contributed by atoms with Gasteiger partial charge in [0.1, 0.15) is 0 Å². The van der Waals surface area contributed by atoms with Gasteiger partial charge in [0.05, 0.1) is 16.8 Å². The number of hydrogen-bond acceptors (Lipinski definition) is 5. The average Bonchev–Trinajstić information content (AvgIpc) is 3.73. The Morgan fingerprint density at radius 3 is 1.18 bits per heavy atom. The van der Waals surface area contributed by atoms with Crippen LogP contribution in [0.4, 0.5) is 0 Å². The van der Waals surface area contributed by atoms with E-state index in [1.165, 1.54) is 33.4 Å². The molecule has 1 aliphatic rings. The van der Waals surface area contributed by atoms with Crippen LogP contribution in [-0.2, 0) is 5.41 Å². The first kappa shape index (κ1) is 39.6. The fourth-order valence-electron chi connectivity index (χ4n) is 9.79. The molecule has 314 valence electrons. The molecular weight excluding hydrogens is 815 g/mol. The van der Waals surface area contributed by atoms with E-state index in [1.807, 2.05) is 78.9 Å². The molecule has 0 saturated heterocycles. The average molecular weight is 856 g/mol. The zero-order valence-electron chi connectivity index (χ0n) is 36.4. The van der Waals surface area contributed by atoms with Crippen LogP contribution in [0.3, 0.4) is 0 Å². The summed E-state index contributed by atoms with van der Waals surface area (Å²) in [4.78, 5) is 25.6. The molecule has 0 unspecified atom stereocenters. The highest BCUT2D eigenvalue weighted by Crippen LogP contribution is 2.58. The van der Waals surface area contributed by atoms with Gasteiger partial charge in [-0.2, -0.15) is 0 Å². The number of rotatable bonds is 9. The van der Waals surface area contributed by atoms with Crippen LogP contribution in [0.15, 0.2) is 249 Å². The highest BCUT2D eigenvalue weighted by atomic mass is 15.0. The Balaban J connectivity index is 1.000. The summed E-state index contributed by atoms with van der Waals surface area (Å²) in [6.45, 7) is 0. The molecular formula is C62H41N5. The Morgan fingerprint density at radius 1 is 0.239 bits per heavy atom. The molecule has 0 spiro atoms. The van der Waals surface area contributed by atoms with Crippen molar-refractivity contribution in [2.75, 3.05) is 0 Å². The number of nitrogens with zero attached hydrogens (tertiary/aromatic N) is 5. The summed E-state index contributed by atoms with van der Waals surface area (Å²) in [6.07, 6.45) is 0. The second kappa shape index (κ2) is 16.9. The lowest BCUT2D eigenvalue weighted by atomic mass is 9.67. The van der Waals surface area contributed by atoms with Gasteiger partial charge in [-0.05, 0) is 62.7 Å². The van der Waals surface area contributed by atoms with Gasteiger partial charge in [0, 0.05) is 33.4 Å². The Bertz CT molecular complexity index is 3460. The van der Waals surface area contributed by atoms with Crippen molar-refractivity contribution < 1.29 is 0 Å². The van der Waals surface area contributed by atoms with E-state index in [2.05, 4.69) is 170 Å². The lowest BCUT2D eigenvalue weighted by molar-refractivity contribution is 0.768. The van der Waals surface area contributed by atoms with Gasteiger partial charge in [-0.15, -0.1) is 0 Å². The molecule has 11 aromatic rings. The third-order valence-corrected chi connectivity index (χ3v) is 12.8. The van der Waals surface area contributed by atoms with Crippen molar-refractivity contribution in [3.8, 4) is 90.3 Å². The van der Waals surface area contributed by atoms with E-state index >= 15 is 0 Å². The molecule has 12 rings (SSSR count). The zero-order chi connectivity index (χ0) is 44.6. The van der Waals surface area contributed by atoms with Crippen molar-refractivity contribution in [2.24, 2.45) is 0 Å². The van der Waals surface area contributed by atoms with Gasteiger partial charge >= 0.3 is 0 Å². The number of fused-ring (bicyclic) bond motifs is 3. The van der Waals surface area contributed by atoms with Crippen molar-refractivity contribution in [1.82, 2.24) is 24.9 Å². The third-order valence-electron chi connectivity index (χ3n) is 12.8. The van der Waals surface area contributed by atoms with E-state index < -0.39 is 5.41 Å². The van der Waals surface area contributed by atoms with Crippen LogP contribution in [0, 0.1) is 0 Å². The van der Waals surface area contributed by atoms with Gasteiger partial charge in [-0.25, -0.2) is 24.9 Å². The van der Waals surface area contributed by atoms with Crippen LogP contribution >= 0.6 is 0 Å². The lowest BCUT2D eigenvalue weighted by Crippen LogP contribution is -2.28. The van der Waals surface area contributed by atoms with Crippen molar-refractivity contribution in [3.05, 3.63) is 271 Å². The molecule has 0 bridgehead atoms. The summed E-state index contributed by atoms with van der Waals surface area (Å²) in [5.41, 5.74) is 16.3. The molecule has 1 aliphatic carbocycles. The maximum atomic E-state index is 5.40. The number of hydrogen-bond donors (Lipinski definition) is 0. The van der Waals surface area contributed by atoms with Crippen LogP contribution in [0.25, 0.3) is 90.3 Å². The Kier molecular flexibility index (Phi) is 9.99. The molecule has 0 fully saturated rings. The minimum absolute atomic E-state index is 0.529. The van der Waals surface area contributed by atoms with E-state index in [0.29, 0.717) is 23.3 Å². The van der Waals surface area contributed by atoms with E-state index in [4.69, 9.17) is 24.9 Å². The molecule has 0 N–H and O–H groups in total. The van der Waals surface area contributed by atoms with Gasteiger partial charge in [0.25, 0.3) is 0 Å². The van der Waals surface area contributed by atoms with E-state index in [-0.39, 0.29) is 0 Å². The standard InChI is InChI=1S/C62H41N5/c1-6-21-42(22-7-1)58-63-55(41-56(64-58)52-36-20-38-54-57(52)51-35-16-17-37-53(51)62(54,49-31-12-4-13-32-49)50-33-14-5-15-34-50)47-29-18-27-45(39-47)46-28-19-30-48(40-46)61-66-59(43-23-8-2-9-24-43)65-60(67-61)44-25-10-3-11-26-44/h1-41H. The SMILES string of the molecule is c1ccc(-c2nc(-c3cccc(-c4cccc(-c5nc(-c6ccccc6)nc(-c6ccccc6)n5)c4)c3)cc(-c3cccc4c3-c3ccccc3C4(c3ccccc3)c3ccccc3)n2)cc1. The molecule has 0 radical (unpaired) electrons. The summed E-state index contributed by atoms with van der Waals surface area (Å²) in [5, 5.41) is 0. The van der Waals surface area contributed by atoms with Gasteiger partial charge in [-0.3, -0.25) is 0 Å². The summed E-state index contributed by atoms with van der Waals surface area (Å²) in [7, 11) is 0. The smallest absolute Gasteiger partial charge is 0.164 e. The molecule has 0 aliphatic heterocycles. The largest absolute Gasteiger partial charge is 0.228 e. The molecule has 5 nitrogen and oxygen atoms in total. The summed E-state index contributed by atoms with van der Waals surface area (Å²) >= 11 is 0. The minimum Gasteiger partial charge on any atom is -0.228 e. The van der Waals surface area contributed by atoms with Crippen LogP contribution in [-0.4, -0.2) is 24.9 Å². The van der Waals surface area contributed by atoms with Gasteiger partial charge in [-0.1, -0.05) is 231 Å². The lowest BCUT2D eigenvalue weighted by Gasteiger charge is -2.33. The third kappa shape index (κ3) is 7.11. The normalized spacial score (nSPS) is 12.3. The molecule has 0 atom stereocenters. The van der Waals surface area contributed by atoms with Crippen LogP contribution < -0.4 is 0 Å². The quantitative estimate of drug-likeness (QED) is 0.145. The maximum absolute atomic E-state index is 5.40. The van der Waals surface area contributed by atoms with Crippen molar-refractivity contribution in [3.63, 3.8) is 0 Å². The summed E-state index contributed by atoms with van der Waals surface area (Å²) in [6, 6.07) is 87.1. The van der Waals surface area contributed by atoms with E-state index in [1.54, 1.807) is 0 Å². The van der Waals surface area contributed by atoms with E-state index in [0.717, 1.165) is 55.9 Å². The topological polar surface area (TPSA) is 64.5 Å². The molecule has 5 heteroatoms. The predicted molar refractivity (Wildman–Crippen MR) is 271 cm³/mol. The minimum atomic E-state index is -0.529. The second-order valence-corrected chi connectivity index (χ2v) is 16.8. The Hall–Kier alpha value is -8.93. The Morgan fingerprint density at radius 2 is 0.612 bits per heavy atom. The van der Waals surface area contributed by atoms with Crippen LogP contribution in [0.1, 0.15) is 22.3 Å². The van der Waals surface area contributed by atoms with Gasteiger partial charge in [0.2, 0.25) is 0 Å². The molecule has 2 aromatic heterocycles. The molecule has 0 saturated carbocycles. The fraction of sp³-hybridized carbons (Fsp3) is 0.0161. The monoisotopic (exact) mass is 855 g/mol. The number of benzene rings is 9. The first-order chi connectivity index (χ1) is 33.2. The van der Waals surface area contributed by atoms with Crippen LogP contribution in [0.5, 0.6) is 0 Å². The summed E-state index contributed by atoms with van der Waals surface area (Å²) in [5.74, 6) is 2.53. The second-order valence-electron chi connectivity index (χ2n) is 16.8. The fourth-order valence-corrected chi connectivity index (χ4v) is 9.79. The Labute approximate surface area is 389 Å². The van der Waals surface area contributed by atoms with Crippen LogP contribution in [0.2, 0.25) is 0 Å². The van der Waals surface area contributed by atoms with Crippen molar-refractivity contribution >= 4 is 0 Å². The first-order valence-electron chi connectivity index (χ1n) is 22.6. The maximum Gasteiger partial charge on any atom is 0.164 e. The predicted octanol–water partition coefficient (Wildman–Crippen LogP) is 14.7. The molecule has 2 heterocycles. The molecule has 9 aromatic carbocycles. The van der Waals surface area contributed by atoms with Gasteiger partial charge in [0.15, 0.2) is 23.3 Å². The molecule has 67 heavy (non-hydrogen) atoms. The highest BCUT2D eigenvalue weighted by molar-refractivity contribution is 5.95. The van der Waals surface area contributed by atoms with Gasteiger partial charge < -0.3 is 0 Å². The zero-order valence-corrected chi connectivity index (χ0v) is 36.4. The number of aromatic nitrogens is 5. The highest BCUT2D eigenvalue weighted by Gasteiger charge is 2.46. The van der Waals surface area contributed by atoms with Crippen molar-refractivity contribution in [2.45, 2.75) is 5.41 Å². The van der Waals surface area contributed by atoms with E-state index in [9.17, 15) is 0 Å². The summed E-state index contributed by atoms with van der Waals surface area (Å²) < 4.78 is 0. The van der Waals surface area contributed by atoms with Crippen molar-refractivity contribution in [1.29, 1.82) is 0 Å². The first-order valence-corrected chi connectivity index (χ1v) is 22.6. The molecule has 0 amide bonds.